The Morgan fingerprint density at radius 3 is 2.73 bits per heavy atom. The first-order valence-electron chi connectivity index (χ1n) is 4.67. The van der Waals surface area contributed by atoms with E-state index in [9.17, 15) is 4.79 Å². The Hall–Kier alpha value is -1.10. The minimum Gasteiger partial charge on any atom is -0.478 e. The van der Waals surface area contributed by atoms with E-state index < -0.39 is 5.97 Å². The van der Waals surface area contributed by atoms with Crippen LogP contribution in [0, 0.1) is 5.92 Å². The Labute approximate surface area is 93.1 Å². The third-order valence-corrected chi connectivity index (χ3v) is 2.42. The fourth-order valence-corrected chi connectivity index (χ4v) is 1.58. The molecular weight excluding hydrogens is 212 g/mol. The van der Waals surface area contributed by atoms with E-state index in [0.29, 0.717) is 23.2 Å². The van der Waals surface area contributed by atoms with Crippen LogP contribution >= 0.6 is 11.8 Å². The monoisotopic (exact) mass is 226 g/mol. The van der Waals surface area contributed by atoms with Crippen molar-refractivity contribution >= 4 is 17.7 Å². The summed E-state index contributed by atoms with van der Waals surface area (Å²) in [5.41, 5.74) is 0.832. The van der Waals surface area contributed by atoms with Crippen molar-refractivity contribution in [1.29, 1.82) is 0 Å². The zero-order valence-corrected chi connectivity index (χ0v) is 9.84. The zero-order chi connectivity index (χ0) is 11.4. The standard InChI is InChI=1S/C10H14N2O2S/c1-6(2)4-8-7(9(13)14)5-11-10(12-8)15-3/h5-6H,4H2,1-3H3,(H,13,14). The lowest BCUT2D eigenvalue weighted by Gasteiger charge is -2.08. The van der Waals surface area contributed by atoms with E-state index in [0.717, 1.165) is 0 Å². The fourth-order valence-electron chi connectivity index (χ4n) is 1.22. The lowest BCUT2D eigenvalue weighted by Crippen LogP contribution is -2.09. The van der Waals surface area contributed by atoms with E-state index in [4.69, 9.17) is 5.11 Å². The van der Waals surface area contributed by atoms with Crippen LogP contribution in [-0.4, -0.2) is 27.3 Å². The molecule has 1 N–H and O–H groups in total. The molecule has 1 rings (SSSR count). The predicted octanol–water partition coefficient (Wildman–Crippen LogP) is 2.10. The number of aromatic carboxylic acids is 1. The molecule has 4 nitrogen and oxygen atoms in total. The van der Waals surface area contributed by atoms with Gasteiger partial charge in [0.05, 0.1) is 11.3 Å². The molecule has 0 unspecified atom stereocenters. The summed E-state index contributed by atoms with van der Waals surface area (Å²) in [6.07, 6.45) is 3.92. The number of rotatable bonds is 4. The highest BCUT2D eigenvalue weighted by molar-refractivity contribution is 7.98. The molecule has 0 aliphatic heterocycles. The molecule has 5 heteroatoms. The first-order valence-corrected chi connectivity index (χ1v) is 5.90. The average Bonchev–Trinajstić information content (AvgIpc) is 2.16. The molecule has 82 valence electrons. The zero-order valence-electron chi connectivity index (χ0n) is 9.02. The summed E-state index contributed by atoms with van der Waals surface area (Å²) in [4.78, 5) is 19.1. The van der Waals surface area contributed by atoms with Crippen LogP contribution in [0.25, 0.3) is 0 Å². The maximum absolute atomic E-state index is 10.9. The van der Waals surface area contributed by atoms with Crippen molar-refractivity contribution in [2.24, 2.45) is 5.92 Å². The van der Waals surface area contributed by atoms with Gasteiger partial charge in [0, 0.05) is 6.20 Å². The average molecular weight is 226 g/mol. The van der Waals surface area contributed by atoms with Gasteiger partial charge in [-0.15, -0.1) is 0 Å². The van der Waals surface area contributed by atoms with Gasteiger partial charge < -0.3 is 5.11 Å². The molecule has 0 radical (unpaired) electrons. The van der Waals surface area contributed by atoms with Crippen LogP contribution in [0.4, 0.5) is 0 Å². The Kier molecular flexibility index (Phi) is 4.08. The summed E-state index contributed by atoms with van der Waals surface area (Å²) in [6.45, 7) is 4.07. The van der Waals surface area contributed by atoms with Gasteiger partial charge in [0.1, 0.15) is 0 Å². The van der Waals surface area contributed by atoms with E-state index >= 15 is 0 Å². The molecule has 0 spiro atoms. The highest BCUT2D eigenvalue weighted by Gasteiger charge is 2.14. The normalized spacial score (nSPS) is 10.7. The van der Waals surface area contributed by atoms with Crippen LogP contribution in [0.3, 0.4) is 0 Å². The number of hydrogen-bond donors (Lipinski definition) is 1. The predicted molar refractivity (Wildman–Crippen MR) is 59.3 cm³/mol. The maximum atomic E-state index is 10.9. The van der Waals surface area contributed by atoms with Crippen molar-refractivity contribution in [2.45, 2.75) is 25.4 Å². The number of aromatic nitrogens is 2. The molecule has 1 aromatic rings. The molecule has 1 heterocycles. The molecule has 0 aliphatic carbocycles. The minimum atomic E-state index is -0.960. The van der Waals surface area contributed by atoms with Gasteiger partial charge in [-0.1, -0.05) is 25.6 Å². The Morgan fingerprint density at radius 1 is 1.60 bits per heavy atom. The topological polar surface area (TPSA) is 63.1 Å². The second-order valence-corrected chi connectivity index (χ2v) is 4.39. The molecular formula is C10H14N2O2S. The van der Waals surface area contributed by atoms with Gasteiger partial charge in [-0.3, -0.25) is 0 Å². The highest BCUT2D eigenvalue weighted by atomic mass is 32.2. The van der Waals surface area contributed by atoms with Crippen LogP contribution in [0.2, 0.25) is 0 Å². The van der Waals surface area contributed by atoms with Crippen molar-refractivity contribution in [3.05, 3.63) is 17.5 Å². The van der Waals surface area contributed by atoms with Crippen LogP contribution in [0.5, 0.6) is 0 Å². The number of carboxylic acid groups (broad SMARTS) is 1. The van der Waals surface area contributed by atoms with Gasteiger partial charge in [0.2, 0.25) is 0 Å². The molecule has 1 aromatic heterocycles. The van der Waals surface area contributed by atoms with Crippen molar-refractivity contribution in [3.8, 4) is 0 Å². The summed E-state index contributed by atoms with van der Waals surface area (Å²) in [5, 5.41) is 9.58. The van der Waals surface area contributed by atoms with Gasteiger partial charge in [-0.2, -0.15) is 0 Å². The molecule has 0 amide bonds. The second-order valence-electron chi connectivity index (χ2n) is 3.62. The maximum Gasteiger partial charge on any atom is 0.339 e. The molecule has 0 saturated heterocycles. The Bertz CT molecular complexity index is 366. The number of thioether (sulfide) groups is 1. The molecule has 0 aromatic carbocycles. The van der Waals surface area contributed by atoms with Crippen molar-refractivity contribution in [2.75, 3.05) is 6.26 Å². The van der Waals surface area contributed by atoms with E-state index in [1.807, 2.05) is 20.1 Å². The summed E-state index contributed by atoms with van der Waals surface area (Å²) in [7, 11) is 0. The quantitative estimate of drug-likeness (QED) is 0.629. The molecule has 0 atom stereocenters. The molecule has 0 saturated carbocycles. The van der Waals surface area contributed by atoms with Crippen LogP contribution in [-0.2, 0) is 6.42 Å². The second kappa shape index (κ2) is 5.11. The third kappa shape index (κ3) is 3.20. The van der Waals surface area contributed by atoms with Gasteiger partial charge in [0.25, 0.3) is 0 Å². The number of hydrogen-bond acceptors (Lipinski definition) is 4. The van der Waals surface area contributed by atoms with E-state index in [1.165, 1.54) is 18.0 Å². The number of nitrogens with zero attached hydrogens (tertiary/aromatic N) is 2. The highest BCUT2D eigenvalue weighted by Crippen LogP contribution is 2.15. The van der Waals surface area contributed by atoms with Crippen LogP contribution in [0.15, 0.2) is 11.4 Å². The fraction of sp³-hybridized carbons (Fsp3) is 0.500. The van der Waals surface area contributed by atoms with Crippen LogP contribution in [0.1, 0.15) is 29.9 Å². The summed E-state index contributed by atoms with van der Waals surface area (Å²) < 4.78 is 0. The Balaban J connectivity index is 3.10. The first kappa shape index (κ1) is 12.0. The number of carboxylic acids is 1. The van der Waals surface area contributed by atoms with Crippen molar-refractivity contribution in [1.82, 2.24) is 9.97 Å². The van der Waals surface area contributed by atoms with Gasteiger partial charge in [-0.25, -0.2) is 14.8 Å². The van der Waals surface area contributed by atoms with Gasteiger partial charge in [0.15, 0.2) is 5.16 Å². The van der Waals surface area contributed by atoms with Gasteiger partial charge >= 0.3 is 5.97 Å². The summed E-state index contributed by atoms with van der Waals surface area (Å²) in [5.74, 6) is -0.578. The van der Waals surface area contributed by atoms with Crippen LogP contribution < -0.4 is 0 Å². The minimum absolute atomic E-state index is 0.210. The van der Waals surface area contributed by atoms with Gasteiger partial charge in [-0.05, 0) is 18.6 Å². The largest absolute Gasteiger partial charge is 0.478 e. The van der Waals surface area contributed by atoms with E-state index in [1.54, 1.807) is 0 Å². The van der Waals surface area contributed by atoms with Crippen molar-refractivity contribution in [3.63, 3.8) is 0 Å². The lowest BCUT2D eigenvalue weighted by molar-refractivity contribution is 0.0694. The summed E-state index contributed by atoms with van der Waals surface area (Å²) in [6, 6.07) is 0. The van der Waals surface area contributed by atoms with E-state index in [2.05, 4.69) is 9.97 Å². The molecule has 15 heavy (non-hydrogen) atoms. The summed E-state index contributed by atoms with van der Waals surface area (Å²) >= 11 is 1.42. The molecule has 0 fully saturated rings. The first-order chi connectivity index (χ1) is 7.04. The molecule has 0 aliphatic rings. The lowest BCUT2D eigenvalue weighted by atomic mass is 10.0. The van der Waals surface area contributed by atoms with E-state index in [-0.39, 0.29) is 5.56 Å². The smallest absolute Gasteiger partial charge is 0.339 e. The molecule has 0 bridgehead atoms. The SMILES string of the molecule is CSc1ncc(C(=O)O)c(CC(C)C)n1. The Morgan fingerprint density at radius 2 is 2.27 bits per heavy atom. The van der Waals surface area contributed by atoms with Crippen molar-refractivity contribution < 1.29 is 9.90 Å². The number of carbonyl (C=O) groups is 1. The third-order valence-electron chi connectivity index (χ3n) is 1.86.